The summed E-state index contributed by atoms with van der Waals surface area (Å²) in [5, 5.41) is 10.2. The molecule has 3 aliphatic rings. The standard InChI is InChI=1S/C37H35Cl2FN8O6/c38-25-4-5-26(40)33(39)23(25)11-15-54-29-16-20(17-43-34(29)41)21-18-44-47(19-21)22-9-13-46(14-10-22)31(50)8-12-42-27-3-1-2-24-32(27)37(53)48(36(24)52)28-6-7-30(49)45-35(28)51/h1-5,16-19,22,28,42H,6-15H2,(H2,41,43)(H,45,49,51)/t28-/m1/s1. The molecule has 3 aliphatic heterocycles. The first-order chi connectivity index (χ1) is 26.0. The van der Waals surface area contributed by atoms with Gasteiger partial charge in [0, 0.05) is 73.1 Å². The number of nitrogens with zero attached hydrogens (tertiary/aromatic N) is 5. The molecule has 4 N–H and O–H groups in total. The van der Waals surface area contributed by atoms with E-state index in [9.17, 15) is 28.4 Å². The van der Waals surface area contributed by atoms with Crippen LogP contribution in [0, 0.1) is 5.82 Å². The van der Waals surface area contributed by atoms with Crippen molar-refractivity contribution in [2.45, 2.75) is 50.6 Å². The third kappa shape index (κ3) is 7.33. The maximum atomic E-state index is 13.9. The molecule has 2 aromatic heterocycles. The van der Waals surface area contributed by atoms with E-state index in [1.165, 1.54) is 18.2 Å². The van der Waals surface area contributed by atoms with Gasteiger partial charge in [-0.1, -0.05) is 29.3 Å². The Balaban J connectivity index is 0.902. The molecule has 54 heavy (non-hydrogen) atoms. The Kier molecular flexibility index (Phi) is 10.5. The second-order valence-electron chi connectivity index (χ2n) is 13.2. The molecule has 0 bridgehead atoms. The Bertz CT molecular complexity index is 2170. The van der Waals surface area contributed by atoms with Crippen LogP contribution in [0.3, 0.4) is 0 Å². The van der Waals surface area contributed by atoms with Crippen LogP contribution in [0.25, 0.3) is 11.1 Å². The number of anilines is 2. The molecule has 17 heteroatoms. The number of pyridine rings is 1. The molecule has 5 amide bonds. The minimum atomic E-state index is -1.06. The average Bonchev–Trinajstić information content (AvgIpc) is 3.75. The van der Waals surface area contributed by atoms with Crippen LogP contribution in [0.2, 0.25) is 10.0 Å². The number of hydrogen-bond acceptors (Lipinski definition) is 10. The highest BCUT2D eigenvalue weighted by molar-refractivity contribution is 6.36. The van der Waals surface area contributed by atoms with E-state index >= 15 is 0 Å². The van der Waals surface area contributed by atoms with E-state index in [4.69, 9.17) is 33.7 Å². The Labute approximate surface area is 318 Å². The van der Waals surface area contributed by atoms with Gasteiger partial charge in [-0.15, -0.1) is 0 Å². The number of rotatable bonds is 11. The number of amides is 5. The lowest BCUT2D eigenvalue weighted by atomic mass is 10.0. The van der Waals surface area contributed by atoms with Gasteiger partial charge in [-0.3, -0.25) is 38.9 Å². The fourth-order valence-corrected chi connectivity index (χ4v) is 7.54. The number of hydrogen-bond donors (Lipinski definition) is 3. The number of carbonyl (C=O) groups excluding carboxylic acids is 5. The Morgan fingerprint density at radius 2 is 1.83 bits per heavy atom. The average molecular weight is 778 g/mol. The molecule has 7 rings (SSSR count). The molecule has 2 fully saturated rings. The number of imide groups is 2. The molecule has 0 aliphatic carbocycles. The zero-order valence-electron chi connectivity index (χ0n) is 28.8. The summed E-state index contributed by atoms with van der Waals surface area (Å²) >= 11 is 12.3. The third-order valence-corrected chi connectivity index (χ3v) is 10.6. The van der Waals surface area contributed by atoms with Crippen molar-refractivity contribution in [1.82, 2.24) is 29.9 Å². The summed E-state index contributed by atoms with van der Waals surface area (Å²) < 4.78 is 21.7. The molecule has 0 spiro atoms. The predicted octanol–water partition coefficient (Wildman–Crippen LogP) is 4.66. The number of nitrogens with one attached hydrogen (secondary N) is 2. The number of nitrogen functional groups attached to an aromatic ring is 1. The van der Waals surface area contributed by atoms with Gasteiger partial charge in [0.15, 0.2) is 11.6 Å². The van der Waals surface area contributed by atoms with Crippen LogP contribution in [0.5, 0.6) is 5.75 Å². The molecule has 5 heterocycles. The lowest BCUT2D eigenvalue weighted by molar-refractivity contribution is -0.136. The van der Waals surface area contributed by atoms with E-state index in [2.05, 4.69) is 20.7 Å². The summed E-state index contributed by atoms with van der Waals surface area (Å²) in [6.07, 6.45) is 7.19. The largest absolute Gasteiger partial charge is 0.489 e. The van der Waals surface area contributed by atoms with Gasteiger partial charge in [-0.2, -0.15) is 5.10 Å². The summed E-state index contributed by atoms with van der Waals surface area (Å²) in [6.45, 7) is 1.44. The van der Waals surface area contributed by atoms with Crippen LogP contribution in [-0.2, 0) is 20.8 Å². The van der Waals surface area contributed by atoms with Gasteiger partial charge in [0.05, 0.1) is 35.0 Å². The molecule has 2 aromatic carbocycles. The number of fused-ring (bicyclic) bond motifs is 1. The lowest BCUT2D eigenvalue weighted by Gasteiger charge is -2.32. The normalized spacial score (nSPS) is 17.5. The fourth-order valence-electron chi connectivity index (χ4n) is 6.98. The van der Waals surface area contributed by atoms with Crippen LogP contribution in [-0.4, -0.2) is 86.4 Å². The van der Waals surface area contributed by atoms with Crippen LogP contribution in [0.15, 0.2) is 55.0 Å². The molecule has 0 unspecified atom stereocenters. The van der Waals surface area contributed by atoms with Crippen LogP contribution in [0.4, 0.5) is 15.9 Å². The maximum Gasteiger partial charge on any atom is 0.264 e. The van der Waals surface area contributed by atoms with Crippen molar-refractivity contribution in [3.05, 3.63) is 87.5 Å². The molecule has 4 aromatic rings. The number of benzene rings is 2. The van der Waals surface area contributed by atoms with E-state index in [-0.39, 0.29) is 72.8 Å². The van der Waals surface area contributed by atoms with Gasteiger partial charge in [0.2, 0.25) is 17.7 Å². The minimum absolute atomic E-state index is 0.0330. The smallest absolute Gasteiger partial charge is 0.264 e. The van der Waals surface area contributed by atoms with Crippen molar-refractivity contribution < 1.29 is 33.1 Å². The number of ether oxygens (including phenoxy) is 1. The topological polar surface area (TPSA) is 182 Å². The predicted molar refractivity (Wildman–Crippen MR) is 197 cm³/mol. The molecular formula is C37H35Cl2FN8O6. The van der Waals surface area contributed by atoms with E-state index in [1.807, 2.05) is 10.9 Å². The monoisotopic (exact) mass is 776 g/mol. The molecule has 0 saturated carbocycles. The summed E-state index contributed by atoms with van der Waals surface area (Å²) in [6, 6.07) is 8.24. The first kappa shape index (κ1) is 36.8. The quantitative estimate of drug-likeness (QED) is 0.143. The Hall–Kier alpha value is -5.54. The number of carbonyl (C=O) groups is 5. The summed E-state index contributed by atoms with van der Waals surface area (Å²) in [5.41, 5.74) is 8.77. The molecule has 1 atom stereocenters. The van der Waals surface area contributed by atoms with Gasteiger partial charge in [0.1, 0.15) is 11.9 Å². The first-order valence-corrected chi connectivity index (χ1v) is 18.2. The Morgan fingerprint density at radius 3 is 2.61 bits per heavy atom. The molecule has 280 valence electrons. The zero-order chi connectivity index (χ0) is 38.1. The van der Waals surface area contributed by atoms with E-state index in [0.29, 0.717) is 48.0 Å². The van der Waals surface area contributed by atoms with Gasteiger partial charge in [-0.05, 0) is 55.2 Å². The Morgan fingerprint density at radius 1 is 1.04 bits per heavy atom. The second-order valence-corrected chi connectivity index (χ2v) is 14.0. The number of piperidine rings is 2. The molecular weight excluding hydrogens is 742 g/mol. The lowest BCUT2D eigenvalue weighted by Crippen LogP contribution is -2.54. The third-order valence-electron chi connectivity index (χ3n) is 9.88. The summed E-state index contributed by atoms with van der Waals surface area (Å²) in [4.78, 5) is 70.6. The number of likely N-dealkylation sites (tertiary alicyclic amines) is 1. The van der Waals surface area contributed by atoms with Gasteiger partial charge < -0.3 is 20.7 Å². The van der Waals surface area contributed by atoms with Gasteiger partial charge in [0.25, 0.3) is 11.8 Å². The summed E-state index contributed by atoms with van der Waals surface area (Å²) in [5.74, 6) is -2.38. The SMILES string of the molecule is Nc1ncc(-c2cnn(C3CCN(C(=O)CCNc4cccc5c4C(=O)N([C@@H]4CCC(=O)NC4=O)C5=O)CC3)c2)cc1OCCc1c(Cl)ccc(F)c1Cl. The molecule has 2 saturated heterocycles. The molecule has 0 radical (unpaired) electrons. The summed E-state index contributed by atoms with van der Waals surface area (Å²) in [7, 11) is 0. The number of aromatic nitrogens is 3. The van der Waals surface area contributed by atoms with Gasteiger partial charge in [-0.25, -0.2) is 9.37 Å². The number of halogens is 3. The van der Waals surface area contributed by atoms with Gasteiger partial charge >= 0.3 is 0 Å². The van der Waals surface area contributed by atoms with Crippen molar-refractivity contribution in [3.63, 3.8) is 0 Å². The number of nitrogens with two attached hydrogens (primary N) is 1. The van der Waals surface area contributed by atoms with E-state index in [1.54, 1.807) is 35.5 Å². The van der Waals surface area contributed by atoms with E-state index in [0.717, 1.165) is 16.0 Å². The van der Waals surface area contributed by atoms with Crippen LogP contribution in [0.1, 0.15) is 64.4 Å². The second kappa shape index (κ2) is 15.4. The van der Waals surface area contributed by atoms with Crippen LogP contribution < -0.4 is 21.1 Å². The van der Waals surface area contributed by atoms with Crippen molar-refractivity contribution >= 4 is 64.2 Å². The van der Waals surface area contributed by atoms with Crippen molar-refractivity contribution in [2.24, 2.45) is 0 Å². The van der Waals surface area contributed by atoms with Crippen molar-refractivity contribution in [2.75, 3.05) is 37.3 Å². The highest BCUT2D eigenvalue weighted by Crippen LogP contribution is 2.34. The maximum absolute atomic E-state index is 13.9. The highest BCUT2D eigenvalue weighted by atomic mass is 35.5. The molecule has 14 nitrogen and oxygen atoms in total. The fraction of sp³-hybridized carbons (Fsp3) is 0.324. The minimum Gasteiger partial charge on any atom is -0.489 e. The van der Waals surface area contributed by atoms with Crippen molar-refractivity contribution in [1.29, 1.82) is 0 Å². The van der Waals surface area contributed by atoms with Crippen molar-refractivity contribution in [3.8, 4) is 16.9 Å². The zero-order valence-corrected chi connectivity index (χ0v) is 30.3. The van der Waals surface area contributed by atoms with Crippen LogP contribution >= 0.6 is 23.2 Å². The van der Waals surface area contributed by atoms with E-state index < -0.39 is 35.5 Å². The first-order valence-electron chi connectivity index (χ1n) is 17.4. The highest BCUT2D eigenvalue weighted by Gasteiger charge is 2.45.